The Morgan fingerprint density at radius 2 is 1.11 bits per heavy atom. The highest BCUT2D eigenvalue weighted by Gasteiger charge is 2.30. The van der Waals surface area contributed by atoms with Gasteiger partial charge in [-0.05, 0) is 128 Å². The quantitative estimate of drug-likeness (QED) is 0.174. The molecule has 0 amide bonds. The Morgan fingerprint density at radius 1 is 0.492 bits per heavy atom. The number of phenolic OH excluding ortho intramolecular Hbond substituents is 1. The molecular formula is C61H59N3O. The lowest BCUT2D eigenvalue weighted by atomic mass is 9.78. The van der Waals surface area contributed by atoms with Crippen LogP contribution < -0.4 is 0 Å². The molecule has 1 N–H and O–H groups in total. The van der Waals surface area contributed by atoms with Crippen LogP contribution in [0.1, 0.15) is 92.6 Å². The van der Waals surface area contributed by atoms with E-state index < -0.39 is 35.7 Å². The molecule has 2 heterocycles. The maximum Gasteiger partial charge on any atom is 0.149 e. The molecule has 0 aliphatic rings. The van der Waals surface area contributed by atoms with Crippen molar-refractivity contribution in [2.24, 2.45) is 0 Å². The summed E-state index contributed by atoms with van der Waals surface area (Å²) in [7, 11) is 0. The molecular weight excluding hydrogens is 791 g/mol. The standard InChI is InChI=1S/C61H59N3O/c1-39-24-26-42(27-25-39)44-30-31-62-53(36-44)47-33-45(41-20-15-12-16-21-41)32-46(34-47)49-22-17-23-55-56(49)63-58(50-37-48(59(2,3)4)38-52(57(50)65)61(8,9)10)64(55)54-29-28-43(35-51(54)60(5,6)7)40-18-13-11-14-19-40/h11-38,65H,1-10H3/i8D3,9D3. The average Bonchev–Trinajstić information content (AvgIpc) is 3.72. The van der Waals surface area contributed by atoms with E-state index >= 15 is 0 Å². The van der Waals surface area contributed by atoms with Crippen molar-refractivity contribution in [1.82, 2.24) is 14.5 Å². The summed E-state index contributed by atoms with van der Waals surface area (Å²) < 4.78 is 54.3. The highest BCUT2D eigenvalue weighted by molar-refractivity contribution is 5.98. The number of imidazole rings is 1. The van der Waals surface area contributed by atoms with Crippen molar-refractivity contribution in [3.8, 4) is 78.6 Å². The van der Waals surface area contributed by atoms with Crippen LogP contribution in [0, 0.1) is 6.92 Å². The Hall–Kier alpha value is -7.04. The van der Waals surface area contributed by atoms with Gasteiger partial charge in [0, 0.05) is 31.1 Å². The maximum atomic E-state index is 12.8. The second-order valence-electron chi connectivity index (χ2n) is 19.5. The van der Waals surface area contributed by atoms with E-state index in [1.165, 1.54) is 12.5 Å². The second-order valence-corrected chi connectivity index (χ2v) is 19.5. The highest BCUT2D eigenvalue weighted by atomic mass is 16.3. The number of aromatic hydroxyl groups is 1. The van der Waals surface area contributed by atoms with Gasteiger partial charge in [0.25, 0.3) is 0 Å². The number of para-hydroxylation sites is 1. The fourth-order valence-electron chi connectivity index (χ4n) is 8.76. The topological polar surface area (TPSA) is 50.9 Å². The first-order valence-electron chi connectivity index (χ1n) is 25.3. The summed E-state index contributed by atoms with van der Waals surface area (Å²) in [6.07, 6.45) is 1.85. The molecule has 0 saturated heterocycles. The number of nitrogens with zero attached hydrogens (tertiary/aromatic N) is 3. The number of rotatable bonds is 7. The Bertz CT molecular complexity index is 3420. The number of aromatic nitrogens is 3. The molecule has 324 valence electrons. The number of phenols is 1. The molecule has 0 spiro atoms. The van der Waals surface area contributed by atoms with E-state index in [0.717, 1.165) is 72.5 Å². The van der Waals surface area contributed by atoms with Gasteiger partial charge in [-0.25, -0.2) is 4.98 Å². The summed E-state index contributed by atoms with van der Waals surface area (Å²) in [5.41, 5.74) is 11.2. The second kappa shape index (κ2) is 16.5. The van der Waals surface area contributed by atoms with Gasteiger partial charge < -0.3 is 5.11 Å². The van der Waals surface area contributed by atoms with Crippen LogP contribution in [-0.4, -0.2) is 19.6 Å². The van der Waals surface area contributed by atoms with Gasteiger partial charge >= 0.3 is 0 Å². The van der Waals surface area contributed by atoms with Crippen molar-refractivity contribution in [3.63, 3.8) is 0 Å². The molecule has 0 unspecified atom stereocenters. The summed E-state index contributed by atoms with van der Waals surface area (Å²) in [5, 5.41) is 12.8. The summed E-state index contributed by atoms with van der Waals surface area (Å²) in [6, 6.07) is 55.4. The summed E-state index contributed by atoms with van der Waals surface area (Å²) in [5.74, 6) is -0.113. The van der Waals surface area contributed by atoms with E-state index in [4.69, 9.17) is 18.2 Å². The predicted octanol–water partition coefficient (Wildman–Crippen LogP) is 16.3. The first-order valence-corrected chi connectivity index (χ1v) is 22.3. The van der Waals surface area contributed by atoms with Crippen molar-refractivity contribution in [2.75, 3.05) is 0 Å². The van der Waals surface area contributed by atoms with E-state index in [-0.39, 0.29) is 11.1 Å². The van der Waals surface area contributed by atoms with Gasteiger partial charge in [0.2, 0.25) is 0 Å². The first-order chi connectivity index (χ1) is 33.4. The van der Waals surface area contributed by atoms with Gasteiger partial charge in [-0.1, -0.05) is 177 Å². The smallest absolute Gasteiger partial charge is 0.149 e. The molecule has 9 aromatic rings. The van der Waals surface area contributed by atoms with Crippen LogP contribution in [0.25, 0.3) is 83.9 Å². The third kappa shape index (κ3) is 8.54. The monoisotopic (exact) mass is 856 g/mol. The first kappa shape index (κ1) is 36.3. The Kier molecular flexibility index (Phi) is 9.22. The van der Waals surface area contributed by atoms with Crippen molar-refractivity contribution in [3.05, 3.63) is 192 Å². The fourth-order valence-corrected chi connectivity index (χ4v) is 8.76. The number of hydrogen-bond acceptors (Lipinski definition) is 3. The summed E-state index contributed by atoms with van der Waals surface area (Å²) in [4.78, 5) is 10.5. The summed E-state index contributed by atoms with van der Waals surface area (Å²) >= 11 is 0. The molecule has 0 saturated carbocycles. The third-order valence-corrected chi connectivity index (χ3v) is 12.4. The molecule has 0 bridgehead atoms. The molecule has 0 aliphatic carbocycles. The molecule has 0 aliphatic heterocycles. The molecule has 2 aromatic heterocycles. The highest BCUT2D eigenvalue weighted by Crippen LogP contribution is 2.46. The van der Waals surface area contributed by atoms with Crippen molar-refractivity contribution in [1.29, 1.82) is 0 Å². The number of fused-ring (bicyclic) bond motifs is 1. The zero-order valence-corrected chi connectivity index (χ0v) is 38.5. The van der Waals surface area contributed by atoms with E-state index in [0.29, 0.717) is 16.9 Å². The lowest BCUT2D eigenvalue weighted by Crippen LogP contribution is -2.18. The van der Waals surface area contributed by atoms with Crippen molar-refractivity contribution in [2.45, 2.75) is 85.3 Å². The van der Waals surface area contributed by atoms with Gasteiger partial charge in [0.1, 0.15) is 11.6 Å². The molecule has 9 rings (SSSR count). The minimum absolute atomic E-state index is 0.185. The van der Waals surface area contributed by atoms with Crippen molar-refractivity contribution >= 4 is 11.0 Å². The van der Waals surface area contributed by atoms with Gasteiger partial charge in [-0.15, -0.1) is 0 Å². The maximum absolute atomic E-state index is 12.8. The Morgan fingerprint density at radius 3 is 1.77 bits per heavy atom. The number of hydrogen-bond donors (Lipinski definition) is 1. The van der Waals surface area contributed by atoms with Crippen LogP contribution in [-0.2, 0) is 16.2 Å². The van der Waals surface area contributed by atoms with Gasteiger partial charge in [0.15, 0.2) is 0 Å². The van der Waals surface area contributed by atoms with Gasteiger partial charge in [0.05, 0.1) is 28.0 Å². The van der Waals surface area contributed by atoms with Crippen molar-refractivity contribution < 1.29 is 13.3 Å². The van der Waals surface area contributed by atoms with Crippen LogP contribution >= 0.6 is 0 Å². The van der Waals surface area contributed by atoms with E-state index in [2.05, 4.69) is 123 Å². The Labute approximate surface area is 393 Å². The van der Waals surface area contributed by atoms with Gasteiger partial charge in [-0.2, -0.15) is 0 Å². The van der Waals surface area contributed by atoms with E-state index in [1.54, 1.807) is 6.07 Å². The molecule has 0 fully saturated rings. The van der Waals surface area contributed by atoms with E-state index in [1.807, 2.05) is 93.7 Å². The summed E-state index contributed by atoms with van der Waals surface area (Å²) in [6.45, 7) is 9.68. The van der Waals surface area contributed by atoms with Crippen LogP contribution in [0.2, 0.25) is 0 Å². The number of benzene rings is 7. The molecule has 65 heavy (non-hydrogen) atoms. The molecule has 4 heteroatoms. The zero-order chi connectivity index (χ0) is 50.8. The largest absolute Gasteiger partial charge is 0.507 e. The zero-order valence-electron chi connectivity index (χ0n) is 44.5. The molecule has 4 nitrogen and oxygen atoms in total. The van der Waals surface area contributed by atoms with Crippen LogP contribution in [0.5, 0.6) is 5.75 Å². The van der Waals surface area contributed by atoms with Crippen LogP contribution in [0.15, 0.2) is 170 Å². The predicted molar refractivity (Wildman–Crippen MR) is 274 cm³/mol. The fraction of sp³-hybridized carbons (Fsp3) is 0.213. The lowest BCUT2D eigenvalue weighted by molar-refractivity contribution is 0.446. The third-order valence-electron chi connectivity index (χ3n) is 12.4. The average molecular weight is 856 g/mol. The number of aryl methyl sites for hydroxylation is 1. The molecule has 7 aromatic carbocycles. The SMILES string of the molecule is [2H]C([2H])([2H])C(C)(c1cc(C(C)(C)C)cc(-c2nc3c(-c4cc(-c5ccccc5)cc(-c5cc(-c6ccc(C)cc6)ccn5)c4)cccc3n2-c2ccc(-c3ccccc3)cc2C(C)(C)C)c1O)C([2H])([2H])[2H]. The Balaban J connectivity index is 1.38. The lowest BCUT2D eigenvalue weighted by Gasteiger charge is -2.28. The van der Waals surface area contributed by atoms with Gasteiger partial charge in [-0.3, -0.25) is 9.55 Å². The minimum Gasteiger partial charge on any atom is -0.507 e. The van der Waals surface area contributed by atoms with E-state index in [9.17, 15) is 5.11 Å². The van der Waals surface area contributed by atoms with Crippen LogP contribution in [0.4, 0.5) is 0 Å². The number of pyridine rings is 1. The minimum atomic E-state index is -3.03. The molecule has 0 atom stereocenters. The molecule has 0 radical (unpaired) electrons. The van der Waals surface area contributed by atoms with Crippen LogP contribution in [0.3, 0.4) is 0 Å². The normalized spacial score (nSPS) is 14.0.